The zero-order valence-electron chi connectivity index (χ0n) is 12.8. The SMILES string of the molecule is CC1(C)C(CNC(=O)c2ccc3c(c2)NCC3)C1(C)C. The van der Waals surface area contributed by atoms with E-state index in [0.717, 1.165) is 30.8 Å². The van der Waals surface area contributed by atoms with E-state index in [0.29, 0.717) is 16.7 Å². The smallest absolute Gasteiger partial charge is 0.251 e. The highest BCUT2D eigenvalue weighted by Gasteiger charge is 2.64. The van der Waals surface area contributed by atoms with Gasteiger partial charge in [-0.3, -0.25) is 4.79 Å². The summed E-state index contributed by atoms with van der Waals surface area (Å²) in [6.45, 7) is 10.9. The molecule has 2 aliphatic rings. The van der Waals surface area contributed by atoms with Crippen LogP contribution in [-0.2, 0) is 6.42 Å². The van der Waals surface area contributed by atoms with E-state index in [1.807, 2.05) is 12.1 Å². The molecule has 1 fully saturated rings. The van der Waals surface area contributed by atoms with Crippen molar-refractivity contribution in [2.45, 2.75) is 34.1 Å². The fourth-order valence-electron chi connectivity index (χ4n) is 3.57. The lowest BCUT2D eigenvalue weighted by atomic mass is 10.0. The van der Waals surface area contributed by atoms with Crippen molar-refractivity contribution < 1.29 is 4.79 Å². The summed E-state index contributed by atoms with van der Waals surface area (Å²) in [6.07, 6.45) is 1.06. The van der Waals surface area contributed by atoms with Crippen LogP contribution in [0.3, 0.4) is 0 Å². The Morgan fingerprint density at radius 3 is 2.65 bits per heavy atom. The Hall–Kier alpha value is -1.51. The average molecular weight is 272 g/mol. The van der Waals surface area contributed by atoms with Gasteiger partial charge in [-0.2, -0.15) is 0 Å². The fourth-order valence-corrected chi connectivity index (χ4v) is 3.57. The molecular weight excluding hydrogens is 248 g/mol. The van der Waals surface area contributed by atoms with Gasteiger partial charge in [-0.05, 0) is 40.9 Å². The Kier molecular flexibility index (Phi) is 2.86. The fraction of sp³-hybridized carbons (Fsp3) is 0.588. The van der Waals surface area contributed by atoms with Crippen molar-refractivity contribution in [3.05, 3.63) is 29.3 Å². The third-order valence-electron chi connectivity index (χ3n) is 5.87. The van der Waals surface area contributed by atoms with Gasteiger partial charge in [0.25, 0.3) is 5.91 Å². The highest BCUT2D eigenvalue weighted by atomic mass is 16.1. The Morgan fingerprint density at radius 2 is 2.00 bits per heavy atom. The number of benzene rings is 1. The minimum absolute atomic E-state index is 0.0417. The number of carbonyl (C=O) groups is 1. The topological polar surface area (TPSA) is 41.1 Å². The van der Waals surface area contributed by atoms with E-state index >= 15 is 0 Å². The predicted molar refractivity (Wildman–Crippen MR) is 82.0 cm³/mol. The van der Waals surface area contributed by atoms with Crippen LogP contribution in [0.2, 0.25) is 0 Å². The van der Waals surface area contributed by atoms with Gasteiger partial charge in [-0.15, -0.1) is 0 Å². The molecule has 3 rings (SSSR count). The molecule has 1 aromatic rings. The number of rotatable bonds is 3. The summed E-state index contributed by atoms with van der Waals surface area (Å²) < 4.78 is 0. The molecule has 0 radical (unpaired) electrons. The van der Waals surface area contributed by atoms with Gasteiger partial charge >= 0.3 is 0 Å². The van der Waals surface area contributed by atoms with Gasteiger partial charge in [0, 0.05) is 24.3 Å². The molecule has 1 aromatic carbocycles. The zero-order valence-corrected chi connectivity index (χ0v) is 12.8. The monoisotopic (exact) mass is 272 g/mol. The maximum atomic E-state index is 12.3. The molecule has 1 aliphatic heterocycles. The quantitative estimate of drug-likeness (QED) is 0.888. The van der Waals surface area contributed by atoms with Crippen LogP contribution in [0.4, 0.5) is 5.69 Å². The van der Waals surface area contributed by atoms with Crippen LogP contribution in [0, 0.1) is 16.7 Å². The van der Waals surface area contributed by atoms with Crippen LogP contribution in [0.5, 0.6) is 0 Å². The molecule has 0 saturated heterocycles. The van der Waals surface area contributed by atoms with E-state index in [2.05, 4.69) is 44.4 Å². The molecule has 1 heterocycles. The Labute approximate surface area is 121 Å². The lowest BCUT2D eigenvalue weighted by Gasteiger charge is -2.08. The molecule has 0 spiro atoms. The molecule has 1 saturated carbocycles. The third-order valence-corrected chi connectivity index (χ3v) is 5.87. The molecule has 3 nitrogen and oxygen atoms in total. The molecule has 0 bridgehead atoms. The van der Waals surface area contributed by atoms with Crippen molar-refractivity contribution in [1.82, 2.24) is 5.32 Å². The number of amides is 1. The number of carbonyl (C=O) groups excluding carboxylic acids is 1. The van der Waals surface area contributed by atoms with E-state index in [9.17, 15) is 4.79 Å². The van der Waals surface area contributed by atoms with E-state index in [4.69, 9.17) is 0 Å². The number of hydrogen-bond acceptors (Lipinski definition) is 2. The minimum Gasteiger partial charge on any atom is -0.384 e. The van der Waals surface area contributed by atoms with Gasteiger partial charge in [0.1, 0.15) is 0 Å². The summed E-state index contributed by atoms with van der Waals surface area (Å²) in [5.74, 6) is 0.603. The lowest BCUT2D eigenvalue weighted by molar-refractivity contribution is 0.0950. The first kappa shape index (κ1) is 13.5. The van der Waals surface area contributed by atoms with E-state index in [1.54, 1.807) is 0 Å². The first-order valence-corrected chi connectivity index (χ1v) is 7.49. The van der Waals surface area contributed by atoms with Gasteiger partial charge in [-0.25, -0.2) is 0 Å². The minimum atomic E-state index is 0.0417. The van der Waals surface area contributed by atoms with E-state index in [1.165, 1.54) is 5.56 Å². The van der Waals surface area contributed by atoms with Crippen LogP contribution in [0.25, 0.3) is 0 Å². The van der Waals surface area contributed by atoms with Crippen molar-refractivity contribution in [2.24, 2.45) is 16.7 Å². The van der Waals surface area contributed by atoms with Crippen molar-refractivity contribution in [3.8, 4) is 0 Å². The van der Waals surface area contributed by atoms with Crippen LogP contribution >= 0.6 is 0 Å². The molecule has 108 valence electrons. The molecule has 0 atom stereocenters. The Morgan fingerprint density at radius 1 is 1.30 bits per heavy atom. The molecule has 0 aromatic heterocycles. The Balaban J connectivity index is 1.63. The summed E-state index contributed by atoms with van der Waals surface area (Å²) in [4.78, 5) is 12.3. The van der Waals surface area contributed by atoms with E-state index in [-0.39, 0.29) is 5.91 Å². The second kappa shape index (κ2) is 4.24. The van der Waals surface area contributed by atoms with Crippen LogP contribution in [0.1, 0.15) is 43.6 Å². The van der Waals surface area contributed by atoms with Gasteiger partial charge in [-0.1, -0.05) is 33.8 Å². The van der Waals surface area contributed by atoms with Gasteiger partial charge in [0.05, 0.1) is 0 Å². The van der Waals surface area contributed by atoms with Crippen LogP contribution in [-0.4, -0.2) is 19.0 Å². The number of hydrogen-bond donors (Lipinski definition) is 2. The third kappa shape index (κ3) is 1.91. The molecule has 20 heavy (non-hydrogen) atoms. The van der Waals surface area contributed by atoms with Crippen molar-refractivity contribution in [3.63, 3.8) is 0 Å². The number of fused-ring (bicyclic) bond motifs is 1. The molecule has 1 aliphatic carbocycles. The first-order chi connectivity index (χ1) is 9.34. The largest absolute Gasteiger partial charge is 0.384 e. The summed E-state index contributed by atoms with van der Waals surface area (Å²) in [6, 6.07) is 5.97. The van der Waals surface area contributed by atoms with Crippen LogP contribution < -0.4 is 10.6 Å². The second-order valence-electron chi connectivity index (χ2n) is 7.25. The van der Waals surface area contributed by atoms with Gasteiger partial charge in [0.2, 0.25) is 0 Å². The molecule has 1 amide bonds. The highest BCUT2D eigenvalue weighted by molar-refractivity contribution is 5.95. The summed E-state index contributed by atoms with van der Waals surface area (Å²) in [5.41, 5.74) is 3.82. The van der Waals surface area contributed by atoms with Crippen molar-refractivity contribution in [1.29, 1.82) is 0 Å². The number of anilines is 1. The maximum Gasteiger partial charge on any atom is 0.251 e. The molecular formula is C17H24N2O. The molecule has 3 heteroatoms. The average Bonchev–Trinajstić information content (AvgIpc) is 2.75. The standard InChI is InChI=1S/C17H24N2O/c1-16(2)14(17(16,3)4)10-19-15(20)12-6-5-11-7-8-18-13(11)9-12/h5-6,9,14,18H,7-8,10H2,1-4H3,(H,19,20). The van der Waals surface area contributed by atoms with Crippen LogP contribution in [0.15, 0.2) is 18.2 Å². The van der Waals surface area contributed by atoms with Crippen molar-refractivity contribution in [2.75, 3.05) is 18.4 Å². The Bertz CT molecular complexity index is 546. The number of nitrogens with one attached hydrogen (secondary N) is 2. The zero-order chi connectivity index (χ0) is 14.5. The molecule has 2 N–H and O–H groups in total. The summed E-state index contributed by atoms with van der Waals surface area (Å²) >= 11 is 0. The predicted octanol–water partition coefficient (Wildman–Crippen LogP) is 3.07. The maximum absolute atomic E-state index is 12.3. The van der Waals surface area contributed by atoms with Crippen molar-refractivity contribution >= 4 is 11.6 Å². The summed E-state index contributed by atoms with van der Waals surface area (Å²) in [5, 5.41) is 6.42. The highest BCUT2D eigenvalue weighted by Crippen LogP contribution is 2.67. The van der Waals surface area contributed by atoms with Gasteiger partial charge < -0.3 is 10.6 Å². The lowest BCUT2D eigenvalue weighted by Crippen LogP contribution is -2.27. The van der Waals surface area contributed by atoms with E-state index < -0.39 is 0 Å². The second-order valence-corrected chi connectivity index (χ2v) is 7.25. The first-order valence-electron chi connectivity index (χ1n) is 7.49. The molecule has 0 unspecified atom stereocenters. The normalized spacial score (nSPS) is 22.0. The van der Waals surface area contributed by atoms with Gasteiger partial charge in [0.15, 0.2) is 0 Å². The summed E-state index contributed by atoms with van der Waals surface area (Å²) in [7, 11) is 0.